The molecule has 0 aliphatic carbocycles. The molecule has 0 aliphatic rings. The maximum absolute atomic E-state index is 8.74. The average Bonchev–Trinajstić information content (AvgIpc) is 2.16. The molecule has 0 atom stereocenters. The van der Waals surface area contributed by atoms with Crippen LogP contribution in [0.1, 0.15) is 1.43 Å². The molecule has 2 rings (SSSR count). The summed E-state index contributed by atoms with van der Waals surface area (Å²) in [5.74, 6) is 0. The molecule has 82 valence electrons. The van der Waals surface area contributed by atoms with E-state index in [0.29, 0.717) is 0 Å². The fraction of sp³-hybridized carbons (Fsp3) is 0. The van der Waals surface area contributed by atoms with Crippen molar-refractivity contribution in [1.29, 1.82) is 0 Å². The van der Waals surface area contributed by atoms with E-state index in [2.05, 4.69) is 48.5 Å². The Morgan fingerprint density at radius 3 is 1.19 bits per heavy atom. The Balaban J connectivity index is 0. The Morgan fingerprint density at radius 1 is 0.812 bits per heavy atom. The fourth-order valence-corrected chi connectivity index (χ4v) is 1.13. The molecule has 0 bridgehead atoms. The van der Waals surface area contributed by atoms with Gasteiger partial charge in [-0.1, -0.05) is 48.5 Å². The van der Waals surface area contributed by atoms with Crippen LogP contribution in [0, 0.1) is 0 Å². The van der Waals surface area contributed by atoms with Gasteiger partial charge in [0.15, 0.2) is 0 Å². The molecule has 0 amide bonds. The smallest absolute Gasteiger partial charge is 1.00 e. The molecule has 16 heavy (non-hydrogen) atoms. The largest absolute Gasteiger partial charge is 1.00 e. The van der Waals surface area contributed by atoms with E-state index in [1.165, 1.54) is 10.8 Å². The topological polar surface area (TPSA) is 74.6 Å². The minimum atomic E-state index is -4.67. The van der Waals surface area contributed by atoms with Crippen molar-refractivity contribution in [3.63, 3.8) is 0 Å². The molecule has 2 aromatic carbocycles. The third kappa shape index (κ3) is 6.95. The summed E-state index contributed by atoms with van der Waals surface area (Å²) in [4.78, 5) is 0. The van der Waals surface area contributed by atoms with Crippen LogP contribution < -0.4 is 29.6 Å². The van der Waals surface area contributed by atoms with Gasteiger partial charge in [-0.05, 0) is 10.8 Å². The van der Waals surface area contributed by atoms with E-state index < -0.39 is 10.4 Å². The minimum absolute atomic E-state index is 0. The normalized spacial score (nSPS) is 9.88. The first-order chi connectivity index (χ1) is 6.97. The van der Waals surface area contributed by atoms with Crippen molar-refractivity contribution >= 4 is 21.2 Å². The van der Waals surface area contributed by atoms with Crippen molar-refractivity contribution in [2.75, 3.05) is 0 Å². The Labute approximate surface area is 118 Å². The maximum Gasteiger partial charge on any atom is 1.00 e. The molecule has 0 fully saturated rings. The maximum atomic E-state index is 8.74. The minimum Gasteiger partial charge on any atom is -1.00 e. The summed E-state index contributed by atoms with van der Waals surface area (Å²) in [5, 5.41) is 2.62. The molecule has 2 N–H and O–H groups in total. The van der Waals surface area contributed by atoms with Crippen LogP contribution in [0.2, 0.25) is 0 Å². The summed E-state index contributed by atoms with van der Waals surface area (Å²) in [5.41, 5.74) is 0. The molecule has 2 aromatic rings. The Bertz CT molecular complexity index is 471. The zero-order valence-corrected chi connectivity index (χ0v) is 11.6. The predicted octanol–water partition coefficient (Wildman–Crippen LogP) is -0.696. The standard InChI is InChI=1S/C10H8.Na.H2O4S.H/c1-2-6-10-8-4-3-7-9(10)5-1;;1-5(2,3)4;/h1-8H;;(H2,1,2,3,4);/q;+1;;-1. The van der Waals surface area contributed by atoms with Crippen LogP contribution >= 0.6 is 0 Å². The second kappa shape index (κ2) is 7.01. The summed E-state index contributed by atoms with van der Waals surface area (Å²) in [6.07, 6.45) is 0. The van der Waals surface area contributed by atoms with Gasteiger partial charge >= 0.3 is 40.0 Å². The van der Waals surface area contributed by atoms with Crippen LogP contribution in [0.15, 0.2) is 48.5 Å². The molecular formula is C10H11NaO4S. The number of hydrogen-bond donors (Lipinski definition) is 2. The number of rotatable bonds is 0. The van der Waals surface area contributed by atoms with E-state index in [4.69, 9.17) is 17.5 Å². The van der Waals surface area contributed by atoms with Crippen LogP contribution in [0.3, 0.4) is 0 Å². The summed E-state index contributed by atoms with van der Waals surface area (Å²) >= 11 is 0. The number of hydrogen-bond acceptors (Lipinski definition) is 2. The van der Waals surface area contributed by atoms with E-state index in [1.54, 1.807) is 0 Å². The van der Waals surface area contributed by atoms with Crippen molar-refractivity contribution in [3.05, 3.63) is 48.5 Å². The molecular weight excluding hydrogens is 239 g/mol. The third-order valence-corrected chi connectivity index (χ3v) is 1.66. The van der Waals surface area contributed by atoms with Crippen LogP contribution in [0.5, 0.6) is 0 Å². The van der Waals surface area contributed by atoms with Gasteiger partial charge in [0, 0.05) is 0 Å². The second-order valence-electron chi connectivity index (χ2n) is 2.79. The molecule has 0 heterocycles. The van der Waals surface area contributed by atoms with Gasteiger partial charge in [-0.15, -0.1) is 0 Å². The van der Waals surface area contributed by atoms with E-state index >= 15 is 0 Å². The van der Waals surface area contributed by atoms with Crippen molar-refractivity contribution < 1.29 is 48.5 Å². The van der Waals surface area contributed by atoms with E-state index in [-0.39, 0.29) is 31.0 Å². The first-order valence-corrected chi connectivity index (χ1v) is 5.50. The van der Waals surface area contributed by atoms with Crippen molar-refractivity contribution in [2.24, 2.45) is 0 Å². The van der Waals surface area contributed by atoms with Crippen LogP contribution in [-0.2, 0) is 10.4 Å². The van der Waals surface area contributed by atoms with E-state index in [9.17, 15) is 0 Å². The van der Waals surface area contributed by atoms with Crippen molar-refractivity contribution in [1.82, 2.24) is 0 Å². The van der Waals surface area contributed by atoms with E-state index in [1.807, 2.05) is 0 Å². The van der Waals surface area contributed by atoms with Gasteiger partial charge in [-0.25, -0.2) is 0 Å². The summed E-state index contributed by atoms with van der Waals surface area (Å²) in [6.45, 7) is 0. The van der Waals surface area contributed by atoms with Gasteiger partial charge in [0.2, 0.25) is 0 Å². The zero-order chi connectivity index (χ0) is 11.3. The first kappa shape index (κ1) is 15.6. The molecule has 4 nitrogen and oxygen atoms in total. The SMILES string of the molecule is O=S(=O)(O)O.[H-].[Na+].c1ccc2ccccc2c1. The monoisotopic (exact) mass is 250 g/mol. The summed E-state index contributed by atoms with van der Waals surface area (Å²) in [6, 6.07) is 16.7. The Kier molecular flexibility index (Phi) is 6.82. The van der Waals surface area contributed by atoms with Gasteiger partial charge in [-0.3, -0.25) is 9.11 Å². The molecule has 6 heteroatoms. The molecule has 0 saturated heterocycles. The molecule has 0 spiro atoms. The third-order valence-electron chi connectivity index (χ3n) is 1.66. The summed E-state index contributed by atoms with van der Waals surface area (Å²) < 4.78 is 31.6. The molecule has 0 aromatic heterocycles. The fourth-order valence-electron chi connectivity index (χ4n) is 1.13. The average molecular weight is 250 g/mol. The Hall–Kier alpha value is -0.430. The van der Waals surface area contributed by atoms with Gasteiger partial charge in [-0.2, -0.15) is 8.42 Å². The van der Waals surface area contributed by atoms with E-state index in [0.717, 1.165) is 0 Å². The molecule has 0 saturated carbocycles. The number of benzene rings is 2. The molecule has 0 aliphatic heterocycles. The van der Waals surface area contributed by atoms with Gasteiger partial charge in [0.05, 0.1) is 0 Å². The van der Waals surface area contributed by atoms with Crippen molar-refractivity contribution in [2.45, 2.75) is 0 Å². The second-order valence-corrected chi connectivity index (χ2v) is 3.69. The van der Waals surface area contributed by atoms with Gasteiger partial charge in [0.1, 0.15) is 0 Å². The van der Waals surface area contributed by atoms with Crippen LogP contribution in [0.4, 0.5) is 0 Å². The zero-order valence-electron chi connectivity index (χ0n) is 9.74. The number of fused-ring (bicyclic) bond motifs is 1. The predicted molar refractivity (Wildman–Crippen MR) is 59.2 cm³/mol. The van der Waals surface area contributed by atoms with Crippen LogP contribution in [-0.4, -0.2) is 17.5 Å². The molecule has 0 radical (unpaired) electrons. The first-order valence-electron chi connectivity index (χ1n) is 4.10. The summed E-state index contributed by atoms with van der Waals surface area (Å²) in [7, 11) is -4.67. The van der Waals surface area contributed by atoms with Crippen molar-refractivity contribution in [3.8, 4) is 0 Å². The van der Waals surface area contributed by atoms with Crippen LogP contribution in [0.25, 0.3) is 10.8 Å². The van der Waals surface area contributed by atoms with Gasteiger partial charge in [0.25, 0.3) is 0 Å². The quantitative estimate of drug-likeness (QED) is 0.479. The molecule has 0 unspecified atom stereocenters. The Morgan fingerprint density at radius 2 is 1.00 bits per heavy atom. The van der Waals surface area contributed by atoms with Gasteiger partial charge < -0.3 is 1.43 Å².